The lowest BCUT2D eigenvalue weighted by Gasteiger charge is -2.33. The summed E-state index contributed by atoms with van der Waals surface area (Å²) < 4.78 is 14.6. The summed E-state index contributed by atoms with van der Waals surface area (Å²) in [5, 5.41) is 16.5. The molecule has 0 atom stereocenters. The van der Waals surface area contributed by atoms with E-state index in [2.05, 4.69) is 10.4 Å². The van der Waals surface area contributed by atoms with Gasteiger partial charge in [0.1, 0.15) is 11.4 Å². The average Bonchev–Trinajstić information content (AvgIpc) is 2.98. The minimum absolute atomic E-state index is 0.308. The van der Waals surface area contributed by atoms with E-state index in [9.17, 15) is 19.1 Å². The summed E-state index contributed by atoms with van der Waals surface area (Å²) in [5.74, 6) is -0.434. The zero-order chi connectivity index (χ0) is 18.0. The Labute approximate surface area is 148 Å². The topological polar surface area (TPSA) is 84.2 Å². The van der Waals surface area contributed by atoms with Crippen LogP contribution in [0.4, 0.5) is 4.39 Å². The summed E-state index contributed by atoms with van der Waals surface area (Å²) >= 11 is 1.68. The fourth-order valence-corrected chi connectivity index (χ4v) is 4.06. The summed E-state index contributed by atoms with van der Waals surface area (Å²) in [5.41, 5.74) is 0.269. The molecule has 8 heteroatoms. The van der Waals surface area contributed by atoms with E-state index in [0.29, 0.717) is 41.3 Å². The summed E-state index contributed by atoms with van der Waals surface area (Å²) in [6, 6.07) is 5.76. The lowest BCUT2D eigenvalue weighted by Crippen LogP contribution is -2.56. The molecule has 1 saturated heterocycles. The molecule has 2 N–H and O–H groups in total. The van der Waals surface area contributed by atoms with Crippen LogP contribution in [0, 0.1) is 12.7 Å². The molecule has 132 valence electrons. The predicted molar refractivity (Wildman–Crippen MR) is 92.7 cm³/mol. The molecular formula is C17H18FN3O3S. The third kappa shape index (κ3) is 3.39. The normalized spacial score (nSPS) is 16.4. The van der Waals surface area contributed by atoms with Crippen LogP contribution < -0.4 is 5.32 Å². The molecule has 1 aliphatic heterocycles. The zero-order valence-electron chi connectivity index (χ0n) is 13.7. The fourth-order valence-electron chi connectivity index (χ4n) is 2.87. The number of rotatable bonds is 4. The molecule has 0 unspecified atom stereocenters. The maximum Gasteiger partial charge on any atom is 0.329 e. The van der Waals surface area contributed by atoms with Crippen molar-refractivity contribution in [2.24, 2.45) is 0 Å². The number of halogens is 1. The second kappa shape index (κ2) is 6.87. The minimum Gasteiger partial charge on any atom is -0.480 e. The van der Waals surface area contributed by atoms with E-state index in [1.54, 1.807) is 30.8 Å². The SMILES string of the molecule is Cc1c(C(=O)NC2(C(=O)O)CCSCC2)cnn1-c1ccc(F)cc1. The van der Waals surface area contributed by atoms with Gasteiger partial charge in [-0.1, -0.05) is 0 Å². The lowest BCUT2D eigenvalue weighted by atomic mass is 9.92. The molecule has 1 amide bonds. The number of benzene rings is 1. The van der Waals surface area contributed by atoms with E-state index in [1.165, 1.54) is 23.0 Å². The highest BCUT2D eigenvalue weighted by Crippen LogP contribution is 2.28. The van der Waals surface area contributed by atoms with Gasteiger partial charge in [0.25, 0.3) is 5.91 Å². The van der Waals surface area contributed by atoms with Crippen molar-refractivity contribution in [2.45, 2.75) is 25.3 Å². The first-order valence-electron chi connectivity index (χ1n) is 7.87. The van der Waals surface area contributed by atoms with Gasteiger partial charge in [-0.15, -0.1) is 0 Å². The van der Waals surface area contributed by atoms with Crippen molar-refractivity contribution in [3.8, 4) is 5.69 Å². The van der Waals surface area contributed by atoms with Crippen molar-refractivity contribution >= 4 is 23.6 Å². The van der Waals surface area contributed by atoms with Crippen LogP contribution in [0.25, 0.3) is 5.69 Å². The Kier molecular flexibility index (Phi) is 4.80. The van der Waals surface area contributed by atoms with E-state index in [1.807, 2.05) is 0 Å². The van der Waals surface area contributed by atoms with E-state index in [0.717, 1.165) is 0 Å². The number of aliphatic carboxylic acids is 1. The molecule has 2 aromatic rings. The van der Waals surface area contributed by atoms with Gasteiger partial charge in [0.2, 0.25) is 0 Å². The molecular weight excluding hydrogens is 345 g/mol. The Morgan fingerprint density at radius 1 is 1.28 bits per heavy atom. The average molecular weight is 363 g/mol. The molecule has 6 nitrogen and oxygen atoms in total. The first-order chi connectivity index (χ1) is 11.9. The molecule has 1 aliphatic rings. The highest BCUT2D eigenvalue weighted by Gasteiger charge is 2.41. The number of amides is 1. The Hall–Kier alpha value is -2.35. The Balaban J connectivity index is 1.85. The summed E-state index contributed by atoms with van der Waals surface area (Å²) in [4.78, 5) is 24.4. The lowest BCUT2D eigenvalue weighted by molar-refractivity contribution is -0.144. The number of carboxylic acids is 1. The quantitative estimate of drug-likeness (QED) is 0.871. The van der Waals surface area contributed by atoms with E-state index >= 15 is 0 Å². The van der Waals surface area contributed by atoms with Gasteiger partial charge in [-0.05, 0) is 55.5 Å². The number of hydrogen-bond acceptors (Lipinski definition) is 4. The molecule has 1 fully saturated rings. The molecule has 0 saturated carbocycles. The third-order valence-corrected chi connectivity index (χ3v) is 5.42. The Morgan fingerprint density at radius 3 is 2.52 bits per heavy atom. The molecule has 0 bridgehead atoms. The number of nitrogens with one attached hydrogen (secondary N) is 1. The number of carboxylic acid groups (broad SMARTS) is 1. The van der Waals surface area contributed by atoms with E-state index < -0.39 is 17.4 Å². The first-order valence-corrected chi connectivity index (χ1v) is 9.03. The van der Waals surface area contributed by atoms with Gasteiger partial charge in [0, 0.05) is 0 Å². The number of carbonyl (C=O) groups excluding carboxylic acids is 1. The van der Waals surface area contributed by atoms with Gasteiger partial charge in [-0.2, -0.15) is 16.9 Å². The van der Waals surface area contributed by atoms with Crippen LogP contribution in [0.15, 0.2) is 30.5 Å². The van der Waals surface area contributed by atoms with Gasteiger partial charge in [-0.3, -0.25) is 4.79 Å². The van der Waals surface area contributed by atoms with E-state index in [-0.39, 0.29) is 5.82 Å². The highest BCUT2D eigenvalue weighted by molar-refractivity contribution is 7.99. The van der Waals surface area contributed by atoms with Crippen LogP contribution in [0.5, 0.6) is 0 Å². The van der Waals surface area contributed by atoms with Gasteiger partial charge >= 0.3 is 5.97 Å². The number of thioether (sulfide) groups is 1. The second-order valence-electron chi connectivity index (χ2n) is 5.99. The van der Waals surface area contributed by atoms with Gasteiger partial charge in [0.15, 0.2) is 0 Å². The summed E-state index contributed by atoms with van der Waals surface area (Å²) in [7, 11) is 0. The maximum atomic E-state index is 13.1. The number of hydrogen-bond donors (Lipinski definition) is 2. The number of carbonyl (C=O) groups is 2. The third-order valence-electron chi connectivity index (χ3n) is 4.43. The largest absolute Gasteiger partial charge is 0.480 e. The molecule has 0 aliphatic carbocycles. The van der Waals surface area contributed by atoms with Crippen molar-refractivity contribution in [3.63, 3.8) is 0 Å². The smallest absolute Gasteiger partial charge is 0.329 e. The molecule has 2 heterocycles. The summed E-state index contributed by atoms with van der Waals surface area (Å²) in [6.07, 6.45) is 2.19. The van der Waals surface area contributed by atoms with Crippen LogP contribution in [0.3, 0.4) is 0 Å². The Bertz CT molecular complexity index is 798. The molecule has 1 aromatic carbocycles. The van der Waals surface area contributed by atoms with Crippen molar-refractivity contribution in [2.75, 3.05) is 11.5 Å². The fraction of sp³-hybridized carbons (Fsp3) is 0.353. The van der Waals surface area contributed by atoms with Crippen molar-refractivity contribution < 1.29 is 19.1 Å². The predicted octanol–water partition coefficient (Wildman–Crippen LogP) is 2.40. The van der Waals surface area contributed by atoms with Crippen LogP contribution in [-0.4, -0.2) is 43.8 Å². The number of nitrogens with zero attached hydrogens (tertiary/aromatic N) is 2. The van der Waals surface area contributed by atoms with Crippen molar-refractivity contribution in [3.05, 3.63) is 47.5 Å². The molecule has 3 rings (SSSR count). The van der Waals surface area contributed by atoms with Gasteiger partial charge < -0.3 is 10.4 Å². The maximum absolute atomic E-state index is 13.1. The van der Waals surface area contributed by atoms with Crippen molar-refractivity contribution in [1.82, 2.24) is 15.1 Å². The number of aromatic nitrogens is 2. The van der Waals surface area contributed by atoms with Crippen molar-refractivity contribution in [1.29, 1.82) is 0 Å². The van der Waals surface area contributed by atoms with Crippen LogP contribution in [0.2, 0.25) is 0 Å². The Morgan fingerprint density at radius 2 is 1.92 bits per heavy atom. The van der Waals surface area contributed by atoms with Gasteiger partial charge in [0.05, 0.1) is 23.1 Å². The minimum atomic E-state index is -1.23. The molecule has 0 spiro atoms. The molecule has 0 radical (unpaired) electrons. The van der Waals surface area contributed by atoms with Crippen LogP contribution in [-0.2, 0) is 4.79 Å². The van der Waals surface area contributed by atoms with Gasteiger partial charge in [-0.25, -0.2) is 13.9 Å². The second-order valence-corrected chi connectivity index (χ2v) is 7.21. The monoisotopic (exact) mass is 363 g/mol. The van der Waals surface area contributed by atoms with Crippen LogP contribution in [0.1, 0.15) is 28.9 Å². The molecule has 1 aromatic heterocycles. The van der Waals surface area contributed by atoms with Crippen LogP contribution >= 0.6 is 11.8 Å². The summed E-state index contributed by atoms with van der Waals surface area (Å²) in [6.45, 7) is 1.72. The highest BCUT2D eigenvalue weighted by atomic mass is 32.2. The first kappa shape index (κ1) is 17.5. The standard InChI is InChI=1S/C17H18FN3O3S/c1-11-14(10-19-21(11)13-4-2-12(18)3-5-13)15(22)20-17(16(23)24)6-8-25-9-7-17/h2-5,10H,6-9H2,1H3,(H,20,22)(H,23,24). The van der Waals surface area contributed by atoms with E-state index in [4.69, 9.17) is 0 Å². The zero-order valence-corrected chi connectivity index (χ0v) is 14.5. The molecule has 25 heavy (non-hydrogen) atoms.